The Morgan fingerprint density at radius 1 is 1.29 bits per heavy atom. The second kappa shape index (κ2) is 8.67. The Labute approximate surface area is 128 Å². The van der Waals surface area contributed by atoms with Crippen LogP contribution in [0.3, 0.4) is 0 Å². The molecule has 1 atom stereocenters. The minimum Gasteiger partial charge on any atom is -0.465 e. The molecular formula is C17H28N2O2. The van der Waals surface area contributed by atoms with Gasteiger partial charge in [0, 0.05) is 19.1 Å². The summed E-state index contributed by atoms with van der Waals surface area (Å²) in [4.78, 5) is 12.7. The Balaban J connectivity index is 2.80. The van der Waals surface area contributed by atoms with E-state index in [1.54, 1.807) is 0 Å². The molecule has 0 fully saturated rings. The Morgan fingerprint density at radius 2 is 1.90 bits per heavy atom. The number of nitrogens with two attached hydrogens (primary N) is 1. The third-order valence-electron chi connectivity index (χ3n) is 3.50. The largest absolute Gasteiger partial charge is 0.465 e. The maximum absolute atomic E-state index is 11.3. The lowest BCUT2D eigenvalue weighted by Crippen LogP contribution is -2.31. The molecule has 118 valence electrons. The number of nitrogens with zero attached hydrogens (tertiary/aromatic N) is 1. The first-order valence-electron chi connectivity index (χ1n) is 7.74. The highest BCUT2D eigenvalue weighted by Gasteiger charge is 2.15. The molecule has 1 aromatic rings. The molecule has 0 aliphatic carbocycles. The molecule has 4 nitrogen and oxygen atoms in total. The molecule has 0 unspecified atom stereocenters. The van der Waals surface area contributed by atoms with Crippen molar-refractivity contribution in [3.05, 3.63) is 35.4 Å². The summed E-state index contributed by atoms with van der Waals surface area (Å²) in [7, 11) is 0. The Hall–Kier alpha value is -1.55. The second-order valence-electron chi connectivity index (χ2n) is 6.07. The number of benzene rings is 1. The van der Waals surface area contributed by atoms with E-state index in [9.17, 15) is 9.90 Å². The van der Waals surface area contributed by atoms with Crippen LogP contribution < -0.4 is 5.73 Å². The number of rotatable bonds is 8. The van der Waals surface area contributed by atoms with Gasteiger partial charge in [-0.1, -0.05) is 45.0 Å². The van der Waals surface area contributed by atoms with Gasteiger partial charge in [-0.05, 0) is 36.3 Å². The SMILES string of the molecule is CCCN(Cc1ccccc1C[C@@H](N)CC(C)C)C(=O)O. The van der Waals surface area contributed by atoms with Crippen molar-refractivity contribution in [3.63, 3.8) is 0 Å². The highest BCUT2D eigenvalue weighted by Crippen LogP contribution is 2.16. The van der Waals surface area contributed by atoms with Crippen LogP contribution in [0.5, 0.6) is 0 Å². The van der Waals surface area contributed by atoms with E-state index in [0.29, 0.717) is 19.0 Å². The quantitative estimate of drug-likeness (QED) is 0.770. The second-order valence-corrected chi connectivity index (χ2v) is 6.07. The van der Waals surface area contributed by atoms with E-state index in [4.69, 9.17) is 5.73 Å². The summed E-state index contributed by atoms with van der Waals surface area (Å²) >= 11 is 0. The number of carboxylic acid groups (broad SMARTS) is 1. The first-order valence-corrected chi connectivity index (χ1v) is 7.74. The average molecular weight is 292 g/mol. The standard InChI is InChI=1S/C17H28N2O2/c1-4-9-19(17(20)21)12-15-8-6-5-7-14(15)11-16(18)10-13(2)3/h5-8,13,16H,4,9-12,18H2,1-3H3,(H,20,21)/t16-/m0/s1. The lowest BCUT2D eigenvalue weighted by Gasteiger charge is -2.22. The molecule has 21 heavy (non-hydrogen) atoms. The van der Waals surface area contributed by atoms with Crippen LogP contribution in [0.25, 0.3) is 0 Å². The van der Waals surface area contributed by atoms with Crippen LogP contribution in [0.15, 0.2) is 24.3 Å². The van der Waals surface area contributed by atoms with E-state index in [1.165, 1.54) is 4.90 Å². The van der Waals surface area contributed by atoms with Crippen molar-refractivity contribution in [2.45, 2.75) is 52.6 Å². The topological polar surface area (TPSA) is 66.6 Å². The van der Waals surface area contributed by atoms with Crippen LogP contribution in [0.2, 0.25) is 0 Å². The van der Waals surface area contributed by atoms with Crippen LogP contribution in [0.4, 0.5) is 4.79 Å². The van der Waals surface area contributed by atoms with Crippen molar-refractivity contribution in [2.75, 3.05) is 6.54 Å². The van der Waals surface area contributed by atoms with Gasteiger partial charge in [0.2, 0.25) is 0 Å². The Bertz CT molecular complexity index is 446. The number of amides is 1. The molecule has 0 saturated carbocycles. The molecule has 4 heteroatoms. The van der Waals surface area contributed by atoms with E-state index in [1.807, 2.05) is 25.1 Å². The minimum atomic E-state index is -0.863. The van der Waals surface area contributed by atoms with Crippen LogP contribution in [0, 0.1) is 5.92 Å². The third kappa shape index (κ3) is 6.17. The summed E-state index contributed by atoms with van der Waals surface area (Å²) in [6.07, 6.45) is 1.74. The highest BCUT2D eigenvalue weighted by atomic mass is 16.4. The first-order chi connectivity index (χ1) is 9.93. The van der Waals surface area contributed by atoms with E-state index >= 15 is 0 Å². The van der Waals surface area contributed by atoms with Gasteiger partial charge in [0.25, 0.3) is 0 Å². The molecule has 3 N–H and O–H groups in total. The summed E-state index contributed by atoms with van der Waals surface area (Å²) in [5.74, 6) is 0.572. The summed E-state index contributed by atoms with van der Waals surface area (Å²) in [5.41, 5.74) is 8.42. The van der Waals surface area contributed by atoms with E-state index in [2.05, 4.69) is 19.9 Å². The predicted octanol–water partition coefficient (Wildman–Crippen LogP) is 3.49. The predicted molar refractivity (Wildman–Crippen MR) is 86.3 cm³/mol. The van der Waals surface area contributed by atoms with Gasteiger partial charge in [0.1, 0.15) is 0 Å². The van der Waals surface area contributed by atoms with Crippen LogP contribution in [0.1, 0.15) is 44.7 Å². The molecule has 0 radical (unpaired) electrons. The highest BCUT2D eigenvalue weighted by molar-refractivity contribution is 5.65. The molecule has 1 amide bonds. The molecule has 0 spiro atoms. The normalized spacial score (nSPS) is 12.4. The number of hydrogen-bond acceptors (Lipinski definition) is 2. The van der Waals surface area contributed by atoms with Crippen LogP contribution >= 0.6 is 0 Å². The number of hydrogen-bond donors (Lipinski definition) is 2. The summed E-state index contributed by atoms with van der Waals surface area (Å²) in [5, 5.41) is 9.26. The van der Waals surface area contributed by atoms with Gasteiger partial charge in [-0.25, -0.2) is 4.79 Å². The lowest BCUT2D eigenvalue weighted by molar-refractivity contribution is 0.142. The van der Waals surface area contributed by atoms with Gasteiger partial charge in [-0.2, -0.15) is 0 Å². The van der Waals surface area contributed by atoms with Crippen molar-refractivity contribution in [1.82, 2.24) is 4.90 Å². The van der Waals surface area contributed by atoms with Crippen molar-refractivity contribution in [3.8, 4) is 0 Å². The fourth-order valence-corrected chi connectivity index (χ4v) is 2.60. The summed E-state index contributed by atoms with van der Waals surface area (Å²) in [6, 6.07) is 8.13. The van der Waals surface area contributed by atoms with Crippen LogP contribution in [-0.2, 0) is 13.0 Å². The van der Waals surface area contributed by atoms with Gasteiger partial charge < -0.3 is 15.7 Å². The Kier molecular flexibility index (Phi) is 7.23. The van der Waals surface area contributed by atoms with E-state index < -0.39 is 6.09 Å². The van der Waals surface area contributed by atoms with Gasteiger partial charge >= 0.3 is 6.09 Å². The monoisotopic (exact) mass is 292 g/mol. The molecule has 1 aromatic carbocycles. The molecule has 0 aromatic heterocycles. The summed E-state index contributed by atoms with van der Waals surface area (Å²) in [6.45, 7) is 7.31. The van der Waals surface area contributed by atoms with Crippen molar-refractivity contribution in [2.24, 2.45) is 11.7 Å². The fourth-order valence-electron chi connectivity index (χ4n) is 2.60. The lowest BCUT2D eigenvalue weighted by atomic mass is 9.95. The molecule has 1 rings (SSSR count). The Morgan fingerprint density at radius 3 is 2.43 bits per heavy atom. The maximum atomic E-state index is 11.3. The molecule has 0 heterocycles. The molecule has 0 bridgehead atoms. The zero-order valence-corrected chi connectivity index (χ0v) is 13.4. The summed E-state index contributed by atoms with van der Waals surface area (Å²) < 4.78 is 0. The maximum Gasteiger partial charge on any atom is 0.407 e. The third-order valence-corrected chi connectivity index (χ3v) is 3.50. The van der Waals surface area contributed by atoms with Crippen LogP contribution in [-0.4, -0.2) is 28.7 Å². The van der Waals surface area contributed by atoms with E-state index in [-0.39, 0.29) is 6.04 Å². The van der Waals surface area contributed by atoms with Crippen molar-refractivity contribution < 1.29 is 9.90 Å². The van der Waals surface area contributed by atoms with Crippen molar-refractivity contribution >= 4 is 6.09 Å². The van der Waals surface area contributed by atoms with E-state index in [0.717, 1.165) is 30.4 Å². The molecular weight excluding hydrogens is 264 g/mol. The molecule has 0 aliphatic heterocycles. The molecule has 0 saturated heterocycles. The minimum absolute atomic E-state index is 0.121. The number of carbonyl (C=O) groups is 1. The van der Waals surface area contributed by atoms with Gasteiger partial charge in [0.05, 0.1) is 0 Å². The van der Waals surface area contributed by atoms with Gasteiger partial charge in [0.15, 0.2) is 0 Å². The van der Waals surface area contributed by atoms with Crippen molar-refractivity contribution in [1.29, 1.82) is 0 Å². The smallest absolute Gasteiger partial charge is 0.407 e. The average Bonchev–Trinajstić information content (AvgIpc) is 2.39. The fraction of sp³-hybridized carbons (Fsp3) is 0.588. The molecule has 0 aliphatic rings. The first kappa shape index (κ1) is 17.5. The van der Waals surface area contributed by atoms with Gasteiger partial charge in [-0.3, -0.25) is 0 Å². The van der Waals surface area contributed by atoms with Gasteiger partial charge in [-0.15, -0.1) is 0 Å². The zero-order chi connectivity index (χ0) is 15.8. The zero-order valence-electron chi connectivity index (χ0n) is 13.4.